The summed E-state index contributed by atoms with van der Waals surface area (Å²) in [4.78, 5) is 28.5. The van der Waals surface area contributed by atoms with E-state index in [-0.39, 0.29) is 5.56 Å². The molecule has 3 aromatic heterocycles. The first-order chi connectivity index (χ1) is 16.7. The van der Waals surface area contributed by atoms with Crippen LogP contribution in [0, 0.1) is 0 Å². The topological polar surface area (TPSA) is 105 Å². The lowest BCUT2D eigenvalue weighted by atomic mass is 10.2. The molecule has 0 unspecified atom stereocenters. The molecule has 3 aromatic rings. The van der Waals surface area contributed by atoms with Crippen LogP contribution in [0.2, 0.25) is 0 Å². The molecule has 0 aromatic carbocycles. The summed E-state index contributed by atoms with van der Waals surface area (Å²) in [5, 5.41) is 3.25. The molecule has 182 valence electrons. The van der Waals surface area contributed by atoms with Crippen LogP contribution in [0.4, 0.5) is 5.82 Å². The van der Waals surface area contributed by atoms with Gasteiger partial charge in [0.1, 0.15) is 18.6 Å². The summed E-state index contributed by atoms with van der Waals surface area (Å²) in [7, 11) is 1.58. The van der Waals surface area contributed by atoms with Crippen molar-refractivity contribution in [2.75, 3.05) is 65.0 Å². The van der Waals surface area contributed by atoms with Crippen LogP contribution in [0.3, 0.4) is 0 Å². The number of aromatic nitrogens is 4. The van der Waals surface area contributed by atoms with Crippen molar-refractivity contribution in [1.29, 1.82) is 0 Å². The van der Waals surface area contributed by atoms with Gasteiger partial charge in [-0.2, -0.15) is 0 Å². The Hall–Kier alpha value is -3.08. The lowest BCUT2D eigenvalue weighted by Gasteiger charge is -2.23. The van der Waals surface area contributed by atoms with Gasteiger partial charge >= 0.3 is 0 Å². The van der Waals surface area contributed by atoms with Gasteiger partial charge in [0.2, 0.25) is 5.88 Å². The Labute approximate surface area is 198 Å². The van der Waals surface area contributed by atoms with Crippen LogP contribution in [0.5, 0.6) is 5.88 Å². The average Bonchev–Trinajstić information content (AvgIpc) is 2.88. The minimum Gasteiger partial charge on any atom is -0.481 e. The predicted octanol–water partition coefficient (Wildman–Crippen LogP) is 0.616. The van der Waals surface area contributed by atoms with Gasteiger partial charge < -0.3 is 24.4 Å². The van der Waals surface area contributed by atoms with Crippen molar-refractivity contribution in [2.24, 2.45) is 0 Å². The zero-order valence-electron chi connectivity index (χ0n) is 19.9. The molecule has 0 amide bonds. The highest BCUT2D eigenvalue weighted by molar-refractivity contribution is 5.76. The minimum absolute atomic E-state index is 0.193. The van der Waals surface area contributed by atoms with E-state index in [0.29, 0.717) is 54.9 Å². The molecule has 0 radical (unpaired) electrons. The maximum Gasteiger partial charge on any atom is 0.295 e. The highest BCUT2D eigenvalue weighted by Crippen LogP contribution is 2.21. The van der Waals surface area contributed by atoms with E-state index in [9.17, 15) is 4.79 Å². The van der Waals surface area contributed by atoms with Crippen molar-refractivity contribution < 1.29 is 19.1 Å². The molecule has 34 heavy (non-hydrogen) atoms. The van der Waals surface area contributed by atoms with E-state index < -0.39 is 0 Å². The van der Waals surface area contributed by atoms with E-state index in [4.69, 9.17) is 19.2 Å². The summed E-state index contributed by atoms with van der Waals surface area (Å²) in [6.45, 7) is 8.65. The third-order valence-electron chi connectivity index (χ3n) is 5.81. The molecule has 1 saturated heterocycles. The second-order valence-electron chi connectivity index (χ2n) is 8.20. The second-order valence-corrected chi connectivity index (χ2v) is 8.20. The molecule has 0 saturated carbocycles. The van der Waals surface area contributed by atoms with Crippen LogP contribution in [0.1, 0.15) is 13.3 Å². The lowest BCUT2D eigenvalue weighted by Crippen LogP contribution is -3.14. The first-order valence-corrected chi connectivity index (χ1v) is 11.8. The van der Waals surface area contributed by atoms with E-state index in [0.717, 1.165) is 44.8 Å². The monoisotopic (exact) mass is 469 g/mol. The third-order valence-corrected chi connectivity index (χ3v) is 5.81. The Kier molecular flexibility index (Phi) is 8.40. The molecule has 4 heterocycles. The average molecular weight is 470 g/mol. The number of nitrogens with one attached hydrogen (secondary N) is 2. The van der Waals surface area contributed by atoms with E-state index in [1.54, 1.807) is 23.9 Å². The molecule has 10 heteroatoms. The zero-order valence-corrected chi connectivity index (χ0v) is 19.9. The van der Waals surface area contributed by atoms with Crippen LogP contribution >= 0.6 is 0 Å². The molecule has 1 fully saturated rings. The molecule has 1 aliphatic heterocycles. The molecule has 0 atom stereocenters. The van der Waals surface area contributed by atoms with Crippen molar-refractivity contribution in [3.05, 3.63) is 40.8 Å². The Bertz CT molecular complexity index is 1130. The van der Waals surface area contributed by atoms with Gasteiger partial charge in [0, 0.05) is 24.4 Å². The molecule has 4 rings (SSSR count). The number of rotatable bonds is 11. The van der Waals surface area contributed by atoms with E-state index in [2.05, 4.69) is 22.2 Å². The van der Waals surface area contributed by atoms with Crippen LogP contribution in [0.25, 0.3) is 22.4 Å². The molecular weight excluding hydrogens is 436 g/mol. The number of morpholine rings is 1. The van der Waals surface area contributed by atoms with E-state index >= 15 is 0 Å². The Morgan fingerprint density at radius 1 is 1.15 bits per heavy atom. The minimum atomic E-state index is -0.193. The zero-order chi connectivity index (χ0) is 23.8. The highest BCUT2D eigenvalue weighted by Gasteiger charge is 2.16. The standard InChI is InChI=1S/C24H32N6O4/c1-3-13-33-16-12-30-23-20(6-5-19(28-23)18-4-7-21(32-2)26-17-18)27-22(24(30)31)25-8-9-29-10-14-34-15-11-29/h4-7,17H,3,8-16H2,1-2H3,(H,25,27)/p+1. The number of anilines is 1. The molecule has 1 aliphatic rings. The van der Waals surface area contributed by atoms with Gasteiger partial charge in [-0.15, -0.1) is 0 Å². The van der Waals surface area contributed by atoms with Gasteiger partial charge in [0.05, 0.1) is 52.3 Å². The maximum absolute atomic E-state index is 13.3. The van der Waals surface area contributed by atoms with Crippen molar-refractivity contribution in [3.8, 4) is 17.1 Å². The number of hydrogen-bond acceptors (Lipinski definition) is 8. The Morgan fingerprint density at radius 2 is 2.00 bits per heavy atom. The molecule has 0 bridgehead atoms. The van der Waals surface area contributed by atoms with Crippen LogP contribution in [-0.2, 0) is 16.0 Å². The van der Waals surface area contributed by atoms with Crippen LogP contribution in [-0.4, -0.2) is 79.2 Å². The SMILES string of the molecule is CCCOCCn1c(=O)c(NCC[NH+]2CCOCC2)nc2ccc(-c3ccc(OC)nc3)nc21. The molecular formula is C24H33N6O4+. The van der Waals surface area contributed by atoms with Gasteiger partial charge in [-0.1, -0.05) is 6.92 Å². The highest BCUT2D eigenvalue weighted by atomic mass is 16.5. The summed E-state index contributed by atoms with van der Waals surface area (Å²) in [5.74, 6) is 0.877. The van der Waals surface area contributed by atoms with E-state index in [1.807, 2.05) is 18.2 Å². The fraction of sp³-hybridized carbons (Fsp3) is 0.500. The smallest absolute Gasteiger partial charge is 0.295 e. The number of methoxy groups -OCH3 is 1. The quantitative estimate of drug-likeness (QED) is 0.394. The maximum atomic E-state index is 13.3. The van der Waals surface area contributed by atoms with Crippen molar-refractivity contribution in [2.45, 2.75) is 19.9 Å². The summed E-state index contributed by atoms with van der Waals surface area (Å²) in [6, 6.07) is 7.46. The lowest BCUT2D eigenvalue weighted by molar-refractivity contribution is -0.906. The number of nitrogens with zero attached hydrogens (tertiary/aromatic N) is 4. The number of hydrogen-bond donors (Lipinski definition) is 2. The fourth-order valence-corrected chi connectivity index (χ4v) is 3.93. The molecule has 2 N–H and O–H groups in total. The summed E-state index contributed by atoms with van der Waals surface area (Å²) >= 11 is 0. The van der Waals surface area contributed by atoms with Gasteiger partial charge in [-0.25, -0.2) is 15.0 Å². The van der Waals surface area contributed by atoms with Crippen LogP contribution < -0.4 is 20.5 Å². The van der Waals surface area contributed by atoms with Gasteiger partial charge in [0.15, 0.2) is 11.5 Å². The number of ether oxygens (including phenoxy) is 3. The number of pyridine rings is 2. The summed E-state index contributed by atoms with van der Waals surface area (Å²) < 4.78 is 17.9. The Morgan fingerprint density at radius 3 is 2.74 bits per heavy atom. The second kappa shape index (κ2) is 11.9. The first-order valence-electron chi connectivity index (χ1n) is 11.8. The number of fused-ring (bicyclic) bond motifs is 1. The van der Waals surface area contributed by atoms with Crippen molar-refractivity contribution in [1.82, 2.24) is 19.5 Å². The first kappa shape index (κ1) is 24.1. The van der Waals surface area contributed by atoms with Crippen molar-refractivity contribution in [3.63, 3.8) is 0 Å². The predicted molar refractivity (Wildman–Crippen MR) is 130 cm³/mol. The fourth-order valence-electron chi connectivity index (χ4n) is 3.93. The van der Waals surface area contributed by atoms with Crippen LogP contribution in [0.15, 0.2) is 35.3 Å². The number of quaternary nitrogens is 1. The summed E-state index contributed by atoms with van der Waals surface area (Å²) in [6.07, 6.45) is 2.63. The Balaban J connectivity index is 1.61. The van der Waals surface area contributed by atoms with E-state index in [1.165, 1.54) is 4.90 Å². The largest absolute Gasteiger partial charge is 0.481 e. The third kappa shape index (κ3) is 5.88. The summed E-state index contributed by atoms with van der Waals surface area (Å²) in [5.41, 5.74) is 2.54. The van der Waals surface area contributed by atoms with Gasteiger partial charge in [-0.05, 0) is 24.6 Å². The molecule has 10 nitrogen and oxygen atoms in total. The van der Waals surface area contributed by atoms with Gasteiger partial charge in [-0.3, -0.25) is 9.36 Å². The van der Waals surface area contributed by atoms with Gasteiger partial charge in [0.25, 0.3) is 5.56 Å². The molecule has 0 aliphatic carbocycles. The molecule has 0 spiro atoms. The normalized spacial score (nSPS) is 14.4. The van der Waals surface area contributed by atoms with Crippen molar-refractivity contribution >= 4 is 17.0 Å².